The van der Waals surface area contributed by atoms with Crippen LogP contribution in [0.1, 0.15) is 41.7 Å². The molecule has 0 bridgehead atoms. The van der Waals surface area contributed by atoms with Crippen LogP contribution in [0.5, 0.6) is 11.5 Å². The molecular weight excluding hydrogens is 577 g/mol. The molecule has 0 aliphatic carbocycles. The van der Waals surface area contributed by atoms with Gasteiger partial charge in [0, 0.05) is 13.1 Å². The molecule has 9 nitrogen and oxygen atoms in total. The zero-order valence-electron chi connectivity index (χ0n) is 24.3. The summed E-state index contributed by atoms with van der Waals surface area (Å²) in [5.74, 6) is -0.626. The lowest BCUT2D eigenvalue weighted by atomic mass is 10.1. The number of carbonyl (C=O) groups is 2. The van der Waals surface area contributed by atoms with E-state index < -0.39 is 25.5 Å². The van der Waals surface area contributed by atoms with Crippen LogP contribution in [0, 0.1) is 0 Å². The summed E-state index contributed by atoms with van der Waals surface area (Å²) >= 11 is 0. The van der Waals surface area contributed by atoms with Crippen molar-refractivity contribution in [2.45, 2.75) is 44.2 Å². The third-order valence-corrected chi connectivity index (χ3v) is 9.33. The Balaban J connectivity index is 1.24. The molecular formula is C34H36N3O6P. The Morgan fingerprint density at radius 3 is 2.02 bits per heavy atom. The molecule has 0 spiro atoms. The van der Waals surface area contributed by atoms with Crippen molar-refractivity contribution in [1.82, 2.24) is 10.2 Å². The maximum absolute atomic E-state index is 14.8. The monoisotopic (exact) mass is 613 g/mol. The maximum Gasteiger partial charge on any atom is 0.457 e. The van der Waals surface area contributed by atoms with Crippen LogP contribution in [0.3, 0.4) is 0 Å². The number of hydrogen-bond acceptors (Lipinski definition) is 7. The third kappa shape index (κ3) is 7.86. The summed E-state index contributed by atoms with van der Waals surface area (Å²) in [6.45, 7) is 0.803. The van der Waals surface area contributed by atoms with E-state index in [4.69, 9.17) is 19.5 Å². The molecule has 1 aliphatic rings. The van der Waals surface area contributed by atoms with Gasteiger partial charge in [0.2, 0.25) is 5.91 Å². The number of hydrogen-bond donors (Lipinski definition) is 2. The van der Waals surface area contributed by atoms with E-state index in [9.17, 15) is 14.2 Å². The van der Waals surface area contributed by atoms with E-state index in [-0.39, 0.29) is 19.1 Å². The number of fused-ring (bicyclic) bond motifs is 1. The number of carbonyl (C=O) groups excluding carboxylic acids is 2. The van der Waals surface area contributed by atoms with Crippen molar-refractivity contribution in [3.05, 3.63) is 132 Å². The molecule has 1 aliphatic heterocycles. The standard InChI is InChI=1S/C34H36N3O6P/c35-31(22-12-13-23-36-34(39)41-25-26-14-4-1-5-15-26)32(38)37-24-27-16-10-11-21-30(27)33(37)44(40,42-28-17-6-2-7-18-28)43-29-19-8-3-9-20-29/h1-11,14-21,31,33H,12-13,22-25,35H2,(H,36,39)/t31-,33?/m0/s1. The lowest BCUT2D eigenvalue weighted by Gasteiger charge is -2.32. The van der Waals surface area contributed by atoms with E-state index in [1.165, 1.54) is 4.90 Å². The molecule has 2 atom stereocenters. The first-order valence-electron chi connectivity index (χ1n) is 14.6. The molecule has 228 valence electrons. The highest BCUT2D eigenvalue weighted by atomic mass is 31.2. The van der Waals surface area contributed by atoms with Crippen LogP contribution in [0.4, 0.5) is 4.79 Å². The SMILES string of the molecule is N[C@@H](CCCCNC(=O)OCc1ccccc1)C(=O)N1Cc2ccccc2C1P(=O)(Oc1ccccc1)Oc1ccccc1. The summed E-state index contributed by atoms with van der Waals surface area (Å²) in [6, 6.07) is 33.6. The van der Waals surface area contributed by atoms with Crippen LogP contribution in [-0.4, -0.2) is 29.5 Å². The second-order valence-electron chi connectivity index (χ2n) is 10.5. The van der Waals surface area contributed by atoms with Gasteiger partial charge in [0.05, 0.1) is 6.04 Å². The minimum absolute atomic E-state index is 0.192. The molecule has 0 radical (unpaired) electrons. The van der Waals surface area contributed by atoms with Gasteiger partial charge in [-0.2, -0.15) is 0 Å². The minimum atomic E-state index is -4.08. The van der Waals surface area contributed by atoms with Gasteiger partial charge in [0.25, 0.3) is 0 Å². The Kier molecular flexibility index (Phi) is 10.3. The first-order valence-corrected chi connectivity index (χ1v) is 16.2. The molecule has 44 heavy (non-hydrogen) atoms. The topological polar surface area (TPSA) is 120 Å². The van der Waals surface area contributed by atoms with E-state index in [1.807, 2.05) is 66.7 Å². The number of nitrogens with zero attached hydrogens (tertiary/aromatic N) is 1. The zero-order valence-corrected chi connectivity index (χ0v) is 25.2. The molecule has 1 unspecified atom stereocenters. The lowest BCUT2D eigenvalue weighted by Crippen LogP contribution is -2.43. The Morgan fingerprint density at radius 1 is 0.818 bits per heavy atom. The maximum atomic E-state index is 14.8. The molecule has 4 aromatic rings. The number of benzene rings is 4. The lowest BCUT2D eigenvalue weighted by molar-refractivity contribution is -0.134. The van der Waals surface area contributed by atoms with E-state index in [2.05, 4.69) is 5.32 Å². The highest BCUT2D eigenvalue weighted by molar-refractivity contribution is 7.55. The van der Waals surface area contributed by atoms with Crippen LogP contribution < -0.4 is 20.1 Å². The van der Waals surface area contributed by atoms with Crippen molar-refractivity contribution < 1.29 is 27.9 Å². The molecule has 0 aromatic heterocycles. The average molecular weight is 614 g/mol. The summed E-state index contributed by atoms with van der Waals surface area (Å²) in [6.07, 6.45) is 1.08. The molecule has 0 saturated heterocycles. The van der Waals surface area contributed by atoms with Crippen molar-refractivity contribution in [2.75, 3.05) is 6.54 Å². The van der Waals surface area contributed by atoms with Crippen molar-refractivity contribution in [2.24, 2.45) is 5.73 Å². The number of rotatable bonds is 13. The Bertz CT molecular complexity index is 1530. The van der Waals surface area contributed by atoms with Gasteiger partial charge in [-0.05, 0) is 60.2 Å². The van der Waals surface area contributed by atoms with Gasteiger partial charge in [-0.15, -0.1) is 0 Å². The van der Waals surface area contributed by atoms with Crippen molar-refractivity contribution in [1.29, 1.82) is 0 Å². The minimum Gasteiger partial charge on any atom is -0.445 e. The molecule has 5 rings (SSSR count). The molecule has 0 fully saturated rings. The van der Waals surface area contributed by atoms with Crippen LogP contribution in [-0.2, 0) is 27.2 Å². The van der Waals surface area contributed by atoms with E-state index in [1.54, 1.807) is 48.5 Å². The predicted molar refractivity (Wildman–Crippen MR) is 168 cm³/mol. The fraction of sp³-hybridized carbons (Fsp3) is 0.235. The number of ether oxygens (including phenoxy) is 1. The molecule has 3 N–H and O–H groups in total. The summed E-state index contributed by atoms with van der Waals surface area (Å²) in [5, 5.41) is 2.73. The molecule has 1 heterocycles. The highest BCUT2D eigenvalue weighted by Gasteiger charge is 2.51. The average Bonchev–Trinajstić information content (AvgIpc) is 3.45. The Morgan fingerprint density at radius 2 is 1.39 bits per heavy atom. The largest absolute Gasteiger partial charge is 0.457 e. The van der Waals surface area contributed by atoms with Crippen molar-refractivity contribution >= 4 is 19.6 Å². The second kappa shape index (κ2) is 14.7. The van der Waals surface area contributed by atoms with E-state index in [0.29, 0.717) is 42.9 Å². The van der Waals surface area contributed by atoms with Crippen LogP contribution in [0.2, 0.25) is 0 Å². The van der Waals surface area contributed by atoms with Crippen LogP contribution in [0.25, 0.3) is 0 Å². The summed E-state index contributed by atoms with van der Waals surface area (Å²) in [7, 11) is -4.08. The zero-order chi connectivity index (χ0) is 30.8. The summed E-state index contributed by atoms with van der Waals surface area (Å²) < 4.78 is 32.3. The van der Waals surface area contributed by atoms with Gasteiger partial charge < -0.3 is 29.7 Å². The number of amides is 2. The molecule has 10 heteroatoms. The number of nitrogens with two attached hydrogens (primary N) is 1. The first-order chi connectivity index (χ1) is 21.4. The Labute approximate surface area is 257 Å². The molecule has 2 amide bonds. The smallest absolute Gasteiger partial charge is 0.445 e. The van der Waals surface area contributed by atoms with E-state index >= 15 is 0 Å². The number of unbranched alkanes of at least 4 members (excludes halogenated alkanes) is 1. The highest BCUT2D eigenvalue weighted by Crippen LogP contribution is 2.64. The van der Waals surface area contributed by atoms with Gasteiger partial charge in [0.1, 0.15) is 18.1 Å². The fourth-order valence-corrected chi connectivity index (χ4v) is 7.27. The van der Waals surface area contributed by atoms with Crippen LogP contribution in [0.15, 0.2) is 115 Å². The quantitative estimate of drug-likeness (QED) is 0.126. The van der Waals surface area contributed by atoms with E-state index in [0.717, 1.165) is 11.1 Å². The van der Waals surface area contributed by atoms with Crippen molar-refractivity contribution in [3.8, 4) is 11.5 Å². The van der Waals surface area contributed by atoms with Gasteiger partial charge in [-0.1, -0.05) is 91.0 Å². The first kappa shape index (κ1) is 30.9. The van der Waals surface area contributed by atoms with Crippen molar-refractivity contribution in [3.63, 3.8) is 0 Å². The summed E-state index contributed by atoms with van der Waals surface area (Å²) in [4.78, 5) is 27.4. The predicted octanol–water partition coefficient (Wildman–Crippen LogP) is 6.80. The normalized spacial score (nSPS) is 14.8. The van der Waals surface area contributed by atoms with Gasteiger partial charge in [-0.25, -0.2) is 9.36 Å². The number of para-hydroxylation sites is 2. The second-order valence-corrected chi connectivity index (χ2v) is 12.4. The molecule has 4 aromatic carbocycles. The third-order valence-electron chi connectivity index (χ3n) is 7.24. The summed E-state index contributed by atoms with van der Waals surface area (Å²) in [5.41, 5.74) is 8.87. The molecule has 0 saturated carbocycles. The fourth-order valence-electron chi connectivity index (χ4n) is 5.07. The number of alkyl carbamates (subject to hydrolysis) is 1. The van der Waals surface area contributed by atoms with Gasteiger partial charge in [-0.3, -0.25) is 4.79 Å². The Hall–Kier alpha value is -4.59. The number of nitrogens with one attached hydrogen (secondary N) is 1. The van der Waals surface area contributed by atoms with Gasteiger partial charge in [0.15, 0.2) is 5.78 Å². The van der Waals surface area contributed by atoms with Crippen LogP contribution >= 0.6 is 7.60 Å². The van der Waals surface area contributed by atoms with Gasteiger partial charge >= 0.3 is 13.7 Å².